The minimum Gasteiger partial charge on any atom is -0.355 e. The molecule has 0 bridgehead atoms. The summed E-state index contributed by atoms with van der Waals surface area (Å²) in [5, 5.41) is 6.04. The lowest BCUT2D eigenvalue weighted by atomic mass is 10.0. The predicted octanol–water partition coefficient (Wildman–Crippen LogP) is 8.45. The number of nitrogens with zero attached hydrogens (tertiary/aromatic N) is 2. The minimum atomic E-state index is 0.140. The van der Waals surface area contributed by atoms with Crippen LogP contribution in [0.15, 0.2) is 0 Å². The molecule has 0 fully saturated rings. The van der Waals surface area contributed by atoms with Crippen molar-refractivity contribution in [3.63, 3.8) is 0 Å². The van der Waals surface area contributed by atoms with Crippen molar-refractivity contribution in [3.8, 4) is 0 Å². The van der Waals surface area contributed by atoms with Gasteiger partial charge in [0.15, 0.2) is 0 Å². The average Bonchev–Trinajstić information content (AvgIpc) is 2.95. The minimum absolute atomic E-state index is 0.140. The van der Waals surface area contributed by atoms with E-state index in [1.165, 1.54) is 116 Å². The molecule has 43 heavy (non-hydrogen) atoms. The van der Waals surface area contributed by atoms with Crippen LogP contribution < -0.4 is 10.6 Å². The Bertz CT molecular complexity index is 635. The summed E-state index contributed by atoms with van der Waals surface area (Å²) in [5.74, 6) is 2.11. The lowest BCUT2D eigenvalue weighted by molar-refractivity contribution is -0.890. The third kappa shape index (κ3) is 34.3. The van der Waals surface area contributed by atoms with Crippen LogP contribution in [0.5, 0.6) is 0 Å². The molecule has 0 spiro atoms. The summed E-state index contributed by atoms with van der Waals surface area (Å²) in [6.45, 7) is 6.94. The van der Waals surface area contributed by atoms with Crippen LogP contribution in [0.2, 0.25) is 0 Å². The zero-order chi connectivity index (χ0) is 31.9. The Balaban J connectivity index is 3.45. The molecule has 0 heterocycles. The fourth-order valence-electron chi connectivity index (χ4n) is 5.36. The van der Waals surface area contributed by atoms with Crippen LogP contribution in [-0.4, -0.2) is 93.6 Å². The molecule has 0 rings (SSSR count). The fraction of sp³-hybridized carbons (Fsp3) is 0.943. The second-order valence-electron chi connectivity index (χ2n) is 13.4. The van der Waals surface area contributed by atoms with Gasteiger partial charge in [-0.25, -0.2) is 0 Å². The molecular formula is C35H73N4O2S2+. The van der Waals surface area contributed by atoms with E-state index in [0.717, 1.165) is 41.9 Å². The van der Waals surface area contributed by atoms with E-state index in [0.29, 0.717) is 25.9 Å². The maximum absolute atomic E-state index is 12.2. The molecule has 2 N–H and O–H groups in total. The quantitative estimate of drug-likeness (QED) is 0.0426. The third-order valence-electron chi connectivity index (χ3n) is 8.14. The number of unbranched alkanes of at least 4 members (excludes halogenated alkanes) is 16. The van der Waals surface area contributed by atoms with Crippen LogP contribution in [-0.2, 0) is 9.59 Å². The summed E-state index contributed by atoms with van der Waals surface area (Å²) < 4.78 is 1.02. The summed E-state index contributed by atoms with van der Waals surface area (Å²) >= 11 is 0. The molecule has 0 radical (unpaired) electrons. The summed E-state index contributed by atoms with van der Waals surface area (Å²) in [4.78, 5) is 26.1. The molecule has 0 aromatic heterocycles. The van der Waals surface area contributed by atoms with Gasteiger partial charge >= 0.3 is 0 Å². The Morgan fingerprint density at radius 1 is 0.558 bits per heavy atom. The van der Waals surface area contributed by atoms with E-state index in [1.807, 2.05) is 14.1 Å². The molecular weight excluding hydrogens is 573 g/mol. The highest BCUT2D eigenvalue weighted by Gasteiger charge is 2.15. The van der Waals surface area contributed by atoms with Crippen LogP contribution in [0.1, 0.15) is 142 Å². The second kappa shape index (κ2) is 31.5. The molecule has 0 aromatic carbocycles. The van der Waals surface area contributed by atoms with Crippen molar-refractivity contribution in [2.45, 2.75) is 142 Å². The van der Waals surface area contributed by atoms with Crippen molar-refractivity contribution in [1.29, 1.82) is 0 Å². The SMILES string of the molecule is CCCCCCCCCCCCCCCCCCC[N+](C)(C)CCCC(=O)NCCSSCCNC(=O)CCCN(C)C. The van der Waals surface area contributed by atoms with Gasteiger partial charge in [-0.15, -0.1) is 0 Å². The number of amides is 2. The molecule has 0 aliphatic carbocycles. The highest BCUT2D eigenvalue weighted by atomic mass is 33.1. The van der Waals surface area contributed by atoms with Gasteiger partial charge in [0.1, 0.15) is 0 Å². The van der Waals surface area contributed by atoms with Gasteiger partial charge in [-0.1, -0.05) is 125 Å². The Morgan fingerprint density at radius 3 is 1.35 bits per heavy atom. The molecule has 0 aliphatic heterocycles. The number of hydrogen-bond donors (Lipinski definition) is 2. The highest BCUT2D eigenvalue weighted by Crippen LogP contribution is 2.19. The van der Waals surface area contributed by atoms with Crippen molar-refractivity contribution in [1.82, 2.24) is 15.5 Å². The van der Waals surface area contributed by atoms with E-state index < -0.39 is 0 Å². The number of carbonyl (C=O) groups is 2. The molecule has 256 valence electrons. The van der Waals surface area contributed by atoms with Gasteiger partial charge < -0.3 is 20.0 Å². The van der Waals surface area contributed by atoms with Crippen molar-refractivity contribution in [2.24, 2.45) is 0 Å². The standard InChI is InChI=1S/C35H72N4O2S2/c1-6-7-8-9-10-11-12-13-14-15-16-17-18-19-20-21-22-30-39(4,5)31-24-26-35(41)37-28-33-43-42-32-27-36-34(40)25-23-29-38(2)3/h6-33H2,1-5H3,(H-,36,37,40,41)/p+1. The van der Waals surface area contributed by atoms with Crippen molar-refractivity contribution in [3.05, 3.63) is 0 Å². The summed E-state index contributed by atoms with van der Waals surface area (Å²) in [6, 6.07) is 0. The number of nitrogens with one attached hydrogen (secondary N) is 2. The van der Waals surface area contributed by atoms with Crippen LogP contribution in [0, 0.1) is 0 Å². The monoisotopic (exact) mass is 646 g/mol. The first-order chi connectivity index (χ1) is 20.8. The first kappa shape index (κ1) is 42.6. The van der Waals surface area contributed by atoms with Gasteiger partial charge in [-0.3, -0.25) is 9.59 Å². The first-order valence-corrected chi connectivity index (χ1v) is 20.5. The van der Waals surface area contributed by atoms with Gasteiger partial charge in [0.25, 0.3) is 0 Å². The summed E-state index contributed by atoms with van der Waals surface area (Å²) in [5.41, 5.74) is 0. The Kier molecular flexibility index (Phi) is 31.2. The molecule has 6 nitrogen and oxygen atoms in total. The molecule has 0 unspecified atom stereocenters. The summed E-state index contributed by atoms with van der Waals surface area (Å²) in [7, 11) is 12.2. The van der Waals surface area contributed by atoms with Gasteiger partial charge in [0.2, 0.25) is 11.8 Å². The maximum atomic E-state index is 12.2. The molecule has 0 saturated heterocycles. The first-order valence-electron chi connectivity index (χ1n) is 18.0. The highest BCUT2D eigenvalue weighted by molar-refractivity contribution is 8.76. The number of rotatable bonds is 33. The zero-order valence-electron chi connectivity index (χ0n) is 29.3. The Hall–Kier alpha value is -0.440. The third-order valence-corrected chi connectivity index (χ3v) is 10.6. The Morgan fingerprint density at radius 2 is 0.930 bits per heavy atom. The largest absolute Gasteiger partial charge is 0.355 e. The van der Waals surface area contributed by atoms with E-state index in [1.54, 1.807) is 21.6 Å². The molecule has 2 amide bonds. The average molecular weight is 646 g/mol. The molecule has 8 heteroatoms. The van der Waals surface area contributed by atoms with Crippen molar-refractivity contribution in [2.75, 3.05) is 72.4 Å². The number of hydrogen-bond acceptors (Lipinski definition) is 5. The van der Waals surface area contributed by atoms with E-state index in [9.17, 15) is 9.59 Å². The molecule has 0 aromatic rings. The fourth-order valence-corrected chi connectivity index (χ4v) is 7.17. The van der Waals surface area contributed by atoms with Gasteiger partial charge in [0, 0.05) is 43.9 Å². The van der Waals surface area contributed by atoms with Crippen LogP contribution >= 0.6 is 21.6 Å². The topological polar surface area (TPSA) is 61.4 Å². The van der Waals surface area contributed by atoms with Gasteiger partial charge in [-0.05, 0) is 39.9 Å². The van der Waals surface area contributed by atoms with Crippen molar-refractivity contribution < 1.29 is 14.1 Å². The number of carbonyl (C=O) groups excluding carboxylic acids is 2. The smallest absolute Gasteiger partial charge is 0.220 e. The van der Waals surface area contributed by atoms with E-state index in [-0.39, 0.29) is 11.8 Å². The van der Waals surface area contributed by atoms with E-state index in [4.69, 9.17) is 0 Å². The molecule has 0 saturated carbocycles. The summed E-state index contributed by atoms with van der Waals surface area (Å²) in [6.07, 6.45) is 27.1. The Labute approximate surface area is 276 Å². The normalized spacial score (nSPS) is 11.8. The van der Waals surface area contributed by atoms with Crippen LogP contribution in [0.4, 0.5) is 0 Å². The van der Waals surface area contributed by atoms with Crippen LogP contribution in [0.3, 0.4) is 0 Å². The van der Waals surface area contributed by atoms with E-state index >= 15 is 0 Å². The van der Waals surface area contributed by atoms with Crippen LogP contribution in [0.25, 0.3) is 0 Å². The lowest BCUT2D eigenvalue weighted by Crippen LogP contribution is -2.41. The lowest BCUT2D eigenvalue weighted by Gasteiger charge is -2.29. The van der Waals surface area contributed by atoms with Gasteiger partial charge in [0.05, 0.1) is 27.2 Å². The van der Waals surface area contributed by atoms with Gasteiger partial charge in [-0.2, -0.15) is 0 Å². The second-order valence-corrected chi connectivity index (χ2v) is 16.1. The number of quaternary nitrogens is 1. The van der Waals surface area contributed by atoms with Crippen molar-refractivity contribution >= 4 is 33.4 Å². The molecule has 0 aliphatic rings. The predicted molar refractivity (Wildman–Crippen MR) is 194 cm³/mol. The zero-order valence-corrected chi connectivity index (χ0v) is 31.0. The van der Waals surface area contributed by atoms with E-state index in [2.05, 4.69) is 36.6 Å². The molecule has 0 atom stereocenters. The maximum Gasteiger partial charge on any atom is 0.220 e.